The molecule has 0 aliphatic rings. The summed E-state index contributed by atoms with van der Waals surface area (Å²) < 4.78 is 111. The summed E-state index contributed by atoms with van der Waals surface area (Å²) in [6, 6.07) is 2.59. The van der Waals surface area contributed by atoms with Gasteiger partial charge in [-0.2, -0.15) is 27.1 Å². The highest BCUT2D eigenvalue weighted by atomic mass is 19.4. The number of fused-ring (bicyclic) bond motifs is 1. The van der Waals surface area contributed by atoms with E-state index in [9.17, 15) is 44.7 Å². The highest BCUT2D eigenvalue weighted by Crippen LogP contribution is 2.32. The molecule has 1 aromatic carbocycles. The van der Waals surface area contributed by atoms with Crippen molar-refractivity contribution in [3.63, 3.8) is 0 Å². The fourth-order valence-electron chi connectivity index (χ4n) is 4.17. The number of hydrogen-bond acceptors (Lipinski definition) is 7. The molecular weight excluding hydrogens is 584 g/mol. The average Bonchev–Trinajstić information content (AvgIpc) is 2.92. The van der Waals surface area contributed by atoms with Crippen molar-refractivity contribution in [2.45, 2.75) is 44.6 Å². The van der Waals surface area contributed by atoms with Crippen LogP contribution in [0.15, 0.2) is 52.6 Å². The van der Waals surface area contributed by atoms with E-state index in [0.29, 0.717) is 11.6 Å². The zero-order valence-electron chi connectivity index (χ0n) is 21.1. The first-order valence-corrected chi connectivity index (χ1v) is 12.1. The molecule has 0 spiro atoms. The SMILES string of the molecule is O=c1[nH]ncc(N[C@H](CCCn2ccc3cc(-c4cnc(C(F)F)cn4)c(F)cc3c2=O)COC(F)F)c1C(F)(F)F. The van der Waals surface area contributed by atoms with Gasteiger partial charge in [-0.05, 0) is 36.4 Å². The maximum Gasteiger partial charge on any atom is 0.423 e. The van der Waals surface area contributed by atoms with Crippen molar-refractivity contribution in [1.82, 2.24) is 24.7 Å². The molecular formula is C25H20F8N6O3. The smallest absolute Gasteiger partial charge is 0.378 e. The summed E-state index contributed by atoms with van der Waals surface area (Å²) in [6.45, 7) is -3.99. The van der Waals surface area contributed by atoms with Gasteiger partial charge in [-0.1, -0.05) is 0 Å². The number of aryl methyl sites for hydroxylation is 1. The first-order chi connectivity index (χ1) is 19.8. The third-order valence-electron chi connectivity index (χ3n) is 6.11. The molecule has 0 aliphatic carbocycles. The lowest BCUT2D eigenvalue weighted by atomic mass is 10.1. The van der Waals surface area contributed by atoms with Gasteiger partial charge < -0.3 is 14.6 Å². The number of aromatic amines is 1. The number of benzene rings is 1. The molecule has 0 saturated heterocycles. The topological polar surface area (TPSA) is 115 Å². The summed E-state index contributed by atoms with van der Waals surface area (Å²) in [7, 11) is 0. The third-order valence-corrected chi connectivity index (χ3v) is 6.11. The number of rotatable bonds is 11. The fourth-order valence-corrected chi connectivity index (χ4v) is 4.17. The van der Waals surface area contributed by atoms with E-state index in [2.05, 4.69) is 25.1 Å². The van der Waals surface area contributed by atoms with E-state index < -0.39 is 65.7 Å². The molecule has 4 aromatic rings. The number of hydrogen-bond donors (Lipinski definition) is 2. The Morgan fingerprint density at radius 2 is 1.81 bits per heavy atom. The van der Waals surface area contributed by atoms with Crippen LogP contribution in [0.2, 0.25) is 0 Å². The van der Waals surface area contributed by atoms with Crippen molar-refractivity contribution in [1.29, 1.82) is 0 Å². The molecule has 0 radical (unpaired) electrons. The summed E-state index contributed by atoms with van der Waals surface area (Å²) in [5, 5.41) is 7.62. The monoisotopic (exact) mass is 604 g/mol. The van der Waals surface area contributed by atoms with Gasteiger partial charge >= 0.3 is 12.8 Å². The van der Waals surface area contributed by atoms with Gasteiger partial charge in [0.1, 0.15) is 17.1 Å². The number of halogens is 8. The minimum Gasteiger partial charge on any atom is -0.378 e. The summed E-state index contributed by atoms with van der Waals surface area (Å²) >= 11 is 0. The third kappa shape index (κ3) is 7.07. The molecule has 0 amide bonds. The van der Waals surface area contributed by atoms with Crippen molar-refractivity contribution < 1.29 is 39.9 Å². The van der Waals surface area contributed by atoms with E-state index in [1.54, 1.807) is 5.10 Å². The van der Waals surface area contributed by atoms with Crippen LogP contribution < -0.4 is 16.4 Å². The highest BCUT2D eigenvalue weighted by Gasteiger charge is 2.37. The van der Waals surface area contributed by atoms with Crippen molar-refractivity contribution in [3.05, 3.63) is 80.8 Å². The second kappa shape index (κ2) is 12.6. The molecule has 9 nitrogen and oxygen atoms in total. The largest absolute Gasteiger partial charge is 0.423 e. The van der Waals surface area contributed by atoms with E-state index in [4.69, 9.17) is 0 Å². The van der Waals surface area contributed by atoms with Gasteiger partial charge in [-0.25, -0.2) is 18.3 Å². The molecule has 3 heterocycles. The van der Waals surface area contributed by atoms with Crippen LogP contribution in [0.5, 0.6) is 0 Å². The van der Waals surface area contributed by atoms with Crippen molar-refractivity contribution in [2.75, 3.05) is 11.9 Å². The molecule has 3 aromatic heterocycles. The molecule has 17 heteroatoms. The minimum absolute atomic E-state index is 0.0307. The zero-order valence-corrected chi connectivity index (χ0v) is 21.1. The number of alkyl halides is 7. The van der Waals surface area contributed by atoms with Crippen LogP contribution in [0.1, 0.15) is 30.5 Å². The average molecular weight is 604 g/mol. The Morgan fingerprint density at radius 1 is 1.05 bits per heavy atom. The van der Waals surface area contributed by atoms with Crippen LogP contribution in [0.3, 0.4) is 0 Å². The lowest BCUT2D eigenvalue weighted by Crippen LogP contribution is -2.32. The van der Waals surface area contributed by atoms with Crippen LogP contribution in [-0.2, 0) is 17.5 Å². The van der Waals surface area contributed by atoms with Gasteiger partial charge in [0.25, 0.3) is 17.5 Å². The summed E-state index contributed by atoms with van der Waals surface area (Å²) in [4.78, 5) is 32.1. The quantitative estimate of drug-likeness (QED) is 0.228. The van der Waals surface area contributed by atoms with Crippen LogP contribution in [0.4, 0.5) is 40.8 Å². The Kier molecular flexibility index (Phi) is 9.18. The molecule has 1 atom stereocenters. The number of ether oxygens (including phenoxy) is 1. The number of aromatic nitrogens is 5. The zero-order chi connectivity index (χ0) is 30.6. The van der Waals surface area contributed by atoms with E-state index in [1.165, 1.54) is 22.9 Å². The lowest BCUT2D eigenvalue weighted by Gasteiger charge is -2.22. The van der Waals surface area contributed by atoms with Gasteiger partial charge in [0.2, 0.25) is 0 Å². The molecule has 0 unspecified atom stereocenters. The molecule has 2 N–H and O–H groups in total. The van der Waals surface area contributed by atoms with Crippen LogP contribution >= 0.6 is 0 Å². The molecule has 224 valence electrons. The van der Waals surface area contributed by atoms with Gasteiger partial charge in [0, 0.05) is 24.3 Å². The number of nitrogens with one attached hydrogen (secondary N) is 2. The molecule has 0 fully saturated rings. The van der Waals surface area contributed by atoms with Crippen molar-refractivity contribution >= 4 is 16.5 Å². The highest BCUT2D eigenvalue weighted by molar-refractivity contribution is 5.86. The maximum absolute atomic E-state index is 14.9. The predicted octanol–water partition coefficient (Wildman–Crippen LogP) is 5.14. The Balaban J connectivity index is 1.52. The summed E-state index contributed by atoms with van der Waals surface area (Å²) in [6.07, 6.45) is -4.08. The van der Waals surface area contributed by atoms with Crippen LogP contribution in [-0.4, -0.2) is 44.0 Å². The summed E-state index contributed by atoms with van der Waals surface area (Å²) in [5.74, 6) is -0.864. The number of pyridine rings is 1. The molecule has 42 heavy (non-hydrogen) atoms. The fraction of sp³-hybridized carbons (Fsp3) is 0.320. The maximum atomic E-state index is 14.9. The van der Waals surface area contributed by atoms with Gasteiger partial charge in [-0.15, -0.1) is 0 Å². The number of anilines is 1. The first-order valence-electron chi connectivity index (χ1n) is 12.1. The Hall–Kier alpha value is -4.41. The van der Waals surface area contributed by atoms with Gasteiger partial charge in [-0.3, -0.25) is 19.6 Å². The molecule has 4 rings (SSSR count). The van der Waals surface area contributed by atoms with E-state index in [0.717, 1.165) is 18.5 Å². The standard InChI is InChI=1S/C25H20F8N6O3/c26-16-7-14-12(6-15(16)17-8-35-19(9-34-17)21(27)28)3-5-39(23(14)41)4-1-2-13(11-42-24(29)30)37-18-10-36-38-22(40)20(18)25(31,32)33/h3,5-10,13,21,24H,1-2,4,11H2,(H2,37,38,40)/t13-/m1/s1. The van der Waals surface area contributed by atoms with Gasteiger partial charge in [0.05, 0.1) is 42.0 Å². The summed E-state index contributed by atoms with van der Waals surface area (Å²) in [5.41, 5.74) is -5.18. The second-order valence-corrected chi connectivity index (χ2v) is 8.92. The predicted molar refractivity (Wildman–Crippen MR) is 133 cm³/mol. The van der Waals surface area contributed by atoms with Crippen molar-refractivity contribution in [3.8, 4) is 11.3 Å². The lowest BCUT2D eigenvalue weighted by molar-refractivity contribution is -0.138. The Labute approximate surface area is 230 Å². The molecule has 0 saturated carbocycles. The van der Waals surface area contributed by atoms with E-state index in [-0.39, 0.29) is 36.0 Å². The Morgan fingerprint density at radius 3 is 2.45 bits per heavy atom. The number of nitrogens with zero attached hydrogens (tertiary/aromatic N) is 4. The van der Waals surface area contributed by atoms with E-state index in [1.807, 2.05) is 0 Å². The van der Waals surface area contributed by atoms with Crippen molar-refractivity contribution in [2.24, 2.45) is 0 Å². The normalized spacial score (nSPS) is 12.8. The molecule has 0 aliphatic heterocycles. The van der Waals surface area contributed by atoms with E-state index >= 15 is 0 Å². The first kappa shape index (κ1) is 30.5. The van der Waals surface area contributed by atoms with Gasteiger partial charge in [0.15, 0.2) is 0 Å². The number of H-pyrrole nitrogens is 1. The van der Waals surface area contributed by atoms with Crippen LogP contribution in [0, 0.1) is 5.82 Å². The second-order valence-electron chi connectivity index (χ2n) is 8.92. The molecule has 0 bridgehead atoms. The minimum atomic E-state index is -5.07. The Bertz CT molecular complexity index is 1660. The van der Waals surface area contributed by atoms with Crippen LogP contribution in [0.25, 0.3) is 22.0 Å².